The van der Waals surface area contributed by atoms with E-state index in [1.807, 2.05) is 30.3 Å². The van der Waals surface area contributed by atoms with E-state index in [1.54, 1.807) is 0 Å². The summed E-state index contributed by atoms with van der Waals surface area (Å²) in [5.74, 6) is 0.316. The Morgan fingerprint density at radius 1 is 1.21 bits per heavy atom. The van der Waals surface area contributed by atoms with E-state index in [2.05, 4.69) is 10.6 Å². The van der Waals surface area contributed by atoms with Crippen LogP contribution >= 0.6 is 0 Å². The highest BCUT2D eigenvalue weighted by Gasteiger charge is 2.23. The van der Waals surface area contributed by atoms with Crippen molar-refractivity contribution < 1.29 is 14.8 Å². The van der Waals surface area contributed by atoms with Gasteiger partial charge in [-0.1, -0.05) is 49.6 Å². The molecule has 6 heteroatoms. The lowest BCUT2D eigenvalue weighted by molar-refractivity contribution is -0.123. The number of carbonyl (C=O) groups excluding carboxylic acids is 2. The summed E-state index contributed by atoms with van der Waals surface area (Å²) in [6.45, 7) is 0.648. The van der Waals surface area contributed by atoms with Crippen LogP contribution in [0.15, 0.2) is 30.3 Å². The van der Waals surface area contributed by atoms with E-state index in [9.17, 15) is 14.8 Å². The Bertz CT molecular complexity index is 528. The van der Waals surface area contributed by atoms with Crippen LogP contribution in [0.25, 0.3) is 0 Å². The fraction of sp³-hybridized carbons (Fsp3) is 0.556. The second-order valence-corrected chi connectivity index (χ2v) is 6.46. The van der Waals surface area contributed by atoms with Gasteiger partial charge in [0, 0.05) is 20.0 Å². The summed E-state index contributed by atoms with van der Waals surface area (Å²) in [6.07, 6.45) is 6.40. The van der Waals surface area contributed by atoms with Crippen molar-refractivity contribution in [1.29, 1.82) is 0 Å². The third-order valence-corrected chi connectivity index (χ3v) is 4.48. The molecule has 132 valence electrons. The van der Waals surface area contributed by atoms with Gasteiger partial charge < -0.3 is 10.6 Å². The number of nitrogens with one attached hydrogen (secondary N) is 2. The smallest absolute Gasteiger partial charge is 0.341 e. The lowest BCUT2D eigenvalue weighted by atomic mass is 9.89. The van der Waals surface area contributed by atoms with Crippen molar-refractivity contribution in [2.75, 3.05) is 13.6 Å². The molecule has 6 nitrogen and oxygen atoms in total. The first-order valence-corrected chi connectivity index (χ1v) is 8.61. The molecule has 24 heavy (non-hydrogen) atoms. The number of hydroxylamine groups is 2. The average molecular weight is 333 g/mol. The summed E-state index contributed by atoms with van der Waals surface area (Å²) in [5, 5.41) is 15.2. The van der Waals surface area contributed by atoms with Crippen LogP contribution < -0.4 is 10.6 Å². The quantitative estimate of drug-likeness (QED) is 0.552. The van der Waals surface area contributed by atoms with Crippen LogP contribution in [-0.2, 0) is 11.2 Å². The molecule has 3 N–H and O–H groups in total. The molecular weight excluding hydrogens is 306 g/mol. The molecule has 1 saturated carbocycles. The number of amides is 3. The fourth-order valence-electron chi connectivity index (χ4n) is 3.06. The van der Waals surface area contributed by atoms with Crippen molar-refractivity contribution in [3.05, 3.63) is 35.9 Å². The van der Waals surface area contributed by atoms with Gasteiger partial charge in [0.2, 0.25) is 5.91 Å². The molecule has 3 amide bonds. The standard InChI is InChI=1S/C18H27N3O3/c1-21(24)18(23)20-16(12-14-8-4-2-5-9-14)17(22)19-13-15-10-6-3-7-11-15/h2,4-5,8-9,15-16,24H,3,6-7,10-13H2,1H3,(H,19,22)(H,20,23)/t16-/m0/s1. The lowest BCUT2D eigenvalue weighted by Crippen LogP contribution is -2.51. The molecule has 0 radical (unpaired) electrons. The van der Waals surface area contributed by atoms with Crippen LogP contribution in [0.4, 0.5) is 4.79 Å². The van der Waals surface area contributed by atoms with Crippen LogP contribution in [-0.4, -0.2) is 41.8 Å². The average Bonchev–Trinajstić information content (AvgIpc) is 2.60. The first-order valence-electron chi connectivity index (χ1n) is 8.61. The van der Waals surface area contributed by atoms with E-state index >= 15 is 0 Å². The van der Waals surface area contributed by atoms with Crippen molar-refractivity contribution in [3.8, 4) is 0 Å². The van der Waals surface area contributed by atoms with Crippen LogP contribution in [0.3, 0.4) is 0 Å². The van der Waals surface area contributed by atoms with Crippen LogP contribution in [0.1, 0.15) is 37.7 Å². The maximum absolute atomic E-state index is 12.5. The minimum absolute atomic E-state index is 0.209. The monoisotopic (exact) mass is 333 g/mol. The second kappa shape index (κ2) is 9.27. The number of nitrogens with zero attached hydrogens (tertiary/aromatic N) is 1. The third kappa shape index (κ3) is 5.85. The highest BCUT2D eigenvalue weighted by Crippen LogP contribution is 2.22. The van der Waals surface area contributed by atoms with E-state index in [1.165, 1.54) is 26.3 Å². The summed E-state index contributed by atoms with van der Waals surface area (Å²) in [7, 11) is 1.23. The van der Waals surface area contributed by atoms with Gasteiger partial charge in [0.25, 0.3) is 0 Å². The van der Waals surface area contributed by atoms with E-state index < -0.39 is 12.1 Å². The molecule has 1 fully saturated rings. The van der Waals surface area contributed by atoms with Gasteiger partial charge in [-0.05, 0) is 24.3 Å². The Kier molecular flexibility index (Phi) is 7.06. The van der Waals surface area contributed by atoms with Crippen molar-refractivity contribution in [2.45, 2.75) is 44.6 Å². The van der Waals surface area contributed by atoms with Crippen molar-refractivity contribution >= 4 is 11.9 Å². The zero-order chi connectivity index (χ0) is 17.4. The molecule has 0 saturated heterocycles. The van der Waals surface area contributed by atoms with E-state index in [0.29, 0.717) is 23.9 Å². The van der Waals surface area contributed by atoms with Gasteiger partial charge in [0.15, 0.2) is 0 Å². The summed E-state index contributed by atoms with van der Waals surface area (Å²) in [5.41, 5.74) is 0.955. The first kappa shape index (κ1) is 18.3. The van der Waals surface area contributed by atoms with Crippen LogP contribution in [0, 0.1) is 5.92 Å². The highest BCUT2D eigenvalue weighted by molar-refractivity contribution is 5.86. The van der Waals surface area contributed by atoms with Gasteiger partial charge in [-0.3, -0.25) is 10.0 Å². The Hall–Kier alpha value is -2.08. The molecule has 0 heterocycles. The van der Waals surface area contributed by atoms with Crippen molar-refractivity contribution in [1.82, 2.24) is 15.7 Å². The number of hydrogen-bond acceptors (Lipinski definition) is 3. The predicted molar refractivity (Wildman–Crippen MR) is 91.6 cm³/mol. The Balaban J connectivity index is 1.94. The molecule has 2 rings (SSSR count). The highest BCUT2D eigenvalue weighted by atomic mass is 16.5. The van der Waals surface area contributed by atoms with Crippen molar-refractivity contribution in [2.24, 2.45) is 5.92 Å². The molecular formula is C18H27N3O3. The zero-order valence-corrected chi connectivity index (χ0v) is 14.2. The lowest BCUT2D eigenvalue weighted by Gasteiger charge is -2.24. The molecule has 0 bridgehead atoms. The number of carbonyl (C=O) groups is 2. The minimum atomic E-state index is -0.710. The molecule has 1 aliphatic rings. The van der Waals surface area contributed by atoms with Crippen molar-refractivity contribution in [3.63, 3.8) is 0 Å². The Morgan fingerprint density at radius 3 is 2.50 bits per heavy atom. The van der Waals surface area contributed by atoms with E-state index in [4.69, 9.17) is 0 Å². The number of rotatable bonds is 6. The zero-order valence-electron chi connectivity index (χ0n) is 14.2. The predicted octanol–water partition coefficient (Wildman–Crippen LogP) is 2.32. The Labute approximate surface area is 143 Å². The van der Waals surface area contributed by atoms with Gasteiger partial charge in [0.1, 0.15) is 6.04 Å². The minimum Gasteiger partial charge on any atom is -0.354 e. The van der Waals surface area contributed by atoms with Crippen LogP contribution in [0.5, 0.6) is 0 Å². The maximum atomic E-state index is 12.5. The van der Waals surface area contributed by atoms with E-state index in [0.717, 1.165) is 18.4 Å². The molecule has 1 atom stereocenters. The summed E-state index contributed by atoms with van der Waals surface area (Å²) in [4.78, 5) is 24.3. The van der Waals surface area contributed by atoms with Gasteiger partial charge in [-0.15, -0.1) is 0 Å². The molecule has 1 aromatic carbocycles. The Morgan fingerprint density at radius 2 is 1.88 bits per heavy atom. The maximum Gasteiger partial charge on any atom is 0.341 e. The normalized spacial score (nSPS) is 16.2. The summed E-state index contributed by atoms with van der Waals surface area (Å²) >= 11 is 0. The largest absolute Gasteiger partial charge is 0.354 e. The van der Waals surface area contributed by atoms with Gasteiger partial charge in [-0.2, -0.15) is 0 Å². The summed E-state index contributed by atoms with van der Waals surface area (Å²) in [6, 6.07) is 8.12. The summed E-state index contributed by atoms with van der Waals surface area (Å²) < 4.78 is 0. The number of benzene rings is 1. The molecule has 1 aliphatic carbocycles. The van der Waals surface area contributed by atoms with Gasteiger partial charge in [0.05, 0.1) is 0 Å². The van der Waals surface area contributed by atoms with Gasteiger partial charge in [-0.25, -0.2) is 9.86 Å². The van der Waals surface area contributed by atoms with E-state index in [-0.39, 0.29) is 5.91 Å². The fourth-order valence-corrected chi connectivity index (χ4v) is 3.06. The molecule has 0 aromatic heterocycles. The van der Waals surface area contributed by atoms with Gasteiger partial charge >= 0.3 is 6.03 Å². The molecule has 0 spiro atoms. The van der Waals surface area contributed by atoms with Crippen LogP contribution in [0.2, 0.25) is 0 Å². The molecule has 1 aromatic rings. The SMILES string of the molecule is CN(O)C(=O)N[C@@H](Cc1ccccc1)C(=O)NCC1CCCCC1. The molecule has 0 unspecified atom stereocenters. The molecule has 0 aliphatic heterocycles. The second-order valence-electron chi connectivity index (χ2n) is 6.46. The topological polar surface area (TPSA) is 81.7 Å². The third-order valence-electron chi connectivity index (χ3n) is 4.48. The first-order chi connectivity index (χ1) is 11.6. The number of hydrogen-bond donors (Lipinski definition) is 3. The number of urea groups is 1.